The minimum atomic E-state index is 0.565. The third-order valence-electron chi connectivity index (χ3n) is 2.26. The van der Waals surface area contributed by atoms with Crippen molar-refractivity contribution in [1.29, 1.82) is 0 Å². The van der Waals surface area contributed by atoms with E-state index in [0.29, 0.717) is 18.7 Å². The Morgan fingerprint density at radius 3 is 2.86 bits per heavy atom. The number of hydrogen-bond acceptors (Lipinski definition) is 4. The van der Waals surface area contributed by atoms with Crippen LogP contribution in [-0.2, 0) is 6.54 Å². The van der Waals surface area contributed by atoms with E-state index in [1.54, 1.807) is 0 Å². The van der Waals surface area contributed by atoms with Gasteiger partial charge in [0.15, 0.2) is 0 Å². The first-order chi connectivity index (χ1) is 6.86. The van der Waals surface area contributed by atoms with Crippen molar-refractivity contribution in [2.24, 2.45) is 0 Å². The molecule has 14 heavy (non-hydrogen) atoms. The van der Waals surface area contributed by atoms with Gasteiger partial charge >= 0.3 is 6.01 Å². The predicted molar refractivity (Wildman–Crippen MR) is 52.2 cm³/mol. The van der Waals surface area contributed by atoms with E-state index in [9.17, 15) is 0 Å². The van der Waals surface area contributed by atoms with E-state index in [4.69, 9.17) is 4.74 Å². The summed E-state index contributed by atoms with van der Waals surface area (Å²) in [7, 11) is 1.91. The lowest BCUT2D eigenvalue weighted by Gasteiger charge is -2.07. The zero-order valence-electron chi connectivity index (χ0n) is 8.66. The van der Waals surface area contributed by atoms with Gasteiger partial charge in [0.1, 0.15) is 5.82 Å². The topological polar surface area (TPSA) is 52.0 Å². The molecule has 1 aliphatic carbocycles. The summed E-state index contributed by atoms with van der Waals surface area (Å²) in [5.41, 5.74) is 0. The maximum Gasteiger partial charge on any atom is 0.317 e. The van der Waals surface area contributed by atoms with Gasteiger partial charge in [-0.25, -0.2) is 0 Å². The Morgan fingerprint density at radius 2 is 2.29 bits per heavy atom. The van der Waals surface area contributed by atoms with Gasteiger partial charge in [0, 0.05) is 6.04 Å². The summed E-state index contributed by atoms with van der Waals surface area (Å²) < 4.78 is 7.54. The maximum atomic E-state index is 5.43. The van der Waals surface area contributed by atoms with Crippen LogP contribution >= 0.6 is 0 Å². The molecule has 1 aromatic rings. The molecule has 0 saturated heterocycles. The molecule has 1 N–H and O–H groups in total. The molecule has 0 bridgehead atoms. The number of nitrogens with one attached hydrogen (secondary N) is 1. The van der Waals surface area contributed by atoms with Gasteiger partial charge in [0.2, 0.25) is 0 Å². The lowest BCUT2D eigenvalue weighted by Crippen LogP contribution is -2.12. The highest BCUT2D eigenvalue weighted by atomic mass is 16.5. The Bertz CT molecular complexity index is 282. The molecule has 0 amide bonds. The van der Waals surface area contributed by atoms with Crippen LogP contribution in [0.4, 0.5) is 0 Å². The standard InChI is InChI=1S/C9H16N4O/c1-3-14-9-12-11-8(6-10-2)13(9)7-4-5-7/h7,10H,3-6H2,1-2H3. The third kappa shape index (κ3) is 1.72. The number of aromatic nitrogens is 3. The fourth-order valence-electron chi connectivity index (χ4n) is 1.51. The summed E-state index contributed by atoms with van der Waals surface area (Å²) in [5, 5.41) is 11.2. The van der Waals surface area contributed by atoms with E-state index in [0.717, 1.165) is 12.4 Å². The molecule has 1 aliphatic rings. The van der Waals surface area contributed by atoms with Gasteiger partial charge in [-0.3, -0.25) is 4.57 Å². The van der Waals surface area contributed by atoms with Crippen LogP contribution in [0.3, 0.4) is 0 Å². The second kappa shape index (κ2) is 3.96. The van der Waals surface area contributed by atoms with Crippen molar-refractivity contribution in [2.75, 3.05) is 13.7 Å². The van der Waals surface area contributed by atoms with Gasteiger partial charge in [0.05, 0.1) is 13.2 Å². The summed E-state index contributed by atoms with van der Waals surface area (Å²) in [4.78, 5) is 0. The molecule has 5 heteroatoms. The smallest absolute Gasteiger partial charge is 0.317 e. The minimum Gasteiger partial charge on any atom is -0.464 e. The number of ether oxygens (including phenoxy) is 1. The van der Waals surface area contributed by atoms with E-state index in [1.165, 1.54) is 12.8 Å². The molecule has 0 atom stereocenters. The lowest BCUT2D eigenvalue weighted by atomic mass is 10.5. The fraction of sp³-hybridized carbons (Fsp3) is 0.778. The van der Waals surface area contributed by atoms with Crippen LogP contribution in [0.2, 0.25) is 0 Å². The first-order valence-corrected chi connectivity index (χ1v) is 5.08. The molecule has 0 aliphatic heterocycles. The van der Waals surface area contributed by atoms with Crippen LogP contribution in [0.15, 0.2) is 0 Å². The van der Waals surface area contributed by atoms with Gasteiger partial charge in [0.25, 0.3) is 0 Å². The van der Waals surface area contributed by atoms with Crippen molar-refractivity contribution in [2.45, 2.75) is 32.4 Å². The molecule has 2 rings (SSSR count). The Hall–Kier alpha value is -1.10. The largest absolute Gasteiger partial charge is 0.464 e. The summed E-state index contributed by atoms with van der Waals surface area (Å²) in [6, 6.07) is 1.23. The first kappa shape index (κ1) is 9.45. The van der Waals surface area contributed by atoms with E-state index in [1.807, 2.05) is 14.0 Å². The van der Waals surface area contributed by atoms with Crippen molar-refractivity contribution >= 4 is 0 Å². The second-order valence-electron chi connectivity index (χ2n) is 3.46. The van der Waals surface area contributed by atoms with Gasteiger partial charge in [-0.1, -0.05) is 5.10 Å². The second-order valence-corrected chi connectivity index (χ2v) is 3.46. The molecule has 78 valence electrons. The lowest BCUT2D eigenvalue weighted by molar-refractivity contribution is 0.294. The molecular weight excluding hydrogens is 180 g/mol. The summed E-state index contributed by atoms with van der Waals surface area (Å²) in [6.07, 6.45) is 2.43. The number of hydrogen-bond donors (Lipinski definition) is 1. The molecule has 1 fully saturated rings. The van der Waals surface area contributed by atoms with Crippen LogP contribution in [0.5, 0.6) is 6.01 Å². The SMILES string of the molecule is CCOc1nnc(CNC)n1C1CC1. The maximum absolute atomic E-state index is 5.43. The first-order valence-electron chi connectivity index (χ1n) is 5.08. The number of rotatable bonds is 5. The van der Waals surface area contributed by atoms with Crippen molar-refractivity contribution in [3.8, 4) is 6.01 Å². The van der Waals surface area contributed by atoms with Crippen molar-refractivity contribution in [3.63, 3.8) is 0 Å². The molecule has 1 heterocycles. The van der Waals surface area contributed by atoms with Gasteiger partial charge in [-0.2, -0.15) is 0 Å². The zero-order chi connectivity index (χ0) is 9.97. The third-order valence-corrected chi connectivity index (χ3v) is 2.26. The monoisotopic (exact) mass is 196 g/mol. The molecular formula is C9H16N4O. The van der Waals surface area contributed by atoms with Crippen LogP contribution < -0.4 is 10.1 Å². The highest BCUT2D eigenvalue weighted by Gasteiger charge is 2.29. The Labute approximate surface area is 83.5 Å². The van der Waals surface area contributed by atoms with E-state index in [2.05, 4.69) is 20.1 Å². The highest BCUT2D eigenvalue weighted by molar-refractivity contribution is 5.07. The minimum absolute atomic E-state index is 0.565. The quantitative estimate of drug-likeness (QED) is 0.754. The number of nitrogens with zero attached hydrogens (tertiary/aromatic N) is 3. The molecule has 1 saturated carbocycles. The van der Waals surface area contributed by atoms with Crippen LogP contribution in [0, 0.1) is 0 Å². The summed E-state index contributed by atoms with van der Waals surface area (Å²) >= 11 is 0. The van der Waals surface area contributed by atoms with Crippen molar-refractivity contribution in [1.82, 2.24) is 20.1 Å². The molecule has 1 aromatic heterocycles. The predicted octanol–water partition coefficient (Wildman–Crippen LogP) is 0.731. The van der Waals surface area contributed by atoms with Gasteiger partial charge in [-0.15, -0.1) is 5.10 Å². The summed E-state index contributed by atoms with van der Waals surface area (Å²) in [6.45, 7) is 3.35. The molecule has 0 aromatic carbocycles. The van der Waals surface area contributed by atoms with Crippen LogP contribution in [-0.4, -0.2) is 28.4 Å². The molecule has 5 nitrogen and oxygen atoms in total. The molecule has 0 radical (unpaired) electrons. The molecule has 0 spiro atoms. The van der Waals surface area contributed by atoms with Gasteiger partial charge < -0.3 is 10.1 Å². The van der Waals surface area contributed by atoms with Crippen molar-refractivity contribution < 1.29 is 4.74 Å². The van der Waals surface area contributed by atoms with Crippen LogP contribution in [0.25, 0.3) is 0 Å². The van der Waals surface area contributed by atoms with E-state index < -0.39 is 0 Å². The zero-order valence-corrected chi connectivity index (χ0v) is 8.66. The van der Waals surface area contributed by atoms with E-state index >= 15 is 0 Å². The fourth-order valence-corrected chi connectivity index (χ4v) is 1.51. The average Bonchev–Trinajstić information content (AvgIpc) is 2.93. The van der Waals surface area contributed by atoms with Gasteiger partial charge in [-0.05, 0) is 26.8 Å². The Balaban J connectivity index is 2.22. The Morgan fingerprint density at radius 1 is 1.50 bits per heavy atom. The summed E-state index contributed by atoms with van der Waals surface area (Å²) in [5.74, 6) is 0.971. The van der Waals surface area contributed by atoms with Crippen LogP contribution in [0.1, 0.15) is 31.6 Å². The molecule has 0 unspecified atom stereocenters. The highest BCUT2D eigenvalue weighted by Crippen LogP contribution is 2.38. The van der Waals surface area contributed by atoms with E-state index in [-0.39, 0.29) is 0 Å². The van der Waals surface area contributed by atoms with Crippen molar-refractivity contribution in [3.05, 3.63) is 5.82 Å². The average molecular weight is 196 g/mol. The normalized spacial score (nSPS) is 15.9. The Kier molecular flexibility index (Phi) is 2.67.